The van der Waals surface area contributed by atoms with Crippen LogP contribution in [0.5, 0.6) is 0 Å². The molecule has 1 atom stereocenters. The zero-order valence-electron chi connectivity index (χ0n) is 26.2. The number of unbranched alkanes of at least 4 members (excludes halogenated alkanes) is 22. The number of carbonyl (C=O) groups excluding carboxylic acids is 1. The number of allylic oxidation sites excluding steroid dienone is 2. The minimum atomic E-state index is -0.916. The summed E-state index contributed by atoms with van der Waals surface area (Å²) in [5.41, 5.74) is 0. The lowest BCUT2D eigenvalue weighted by molar-refractivity contribution is -0.153. The van der Waals surface area contributed by atoms with E-state index in [-0.39, 0.29) is 12.4 Å². The number of ether oxygens (including phenoxy) is 1. The number of rotatable bonds is 31. The molecule has 0 radical (unpaired) electrons. The molecule has 0 aromatic carbocycles. The van der Waals surface area contributed by atoms with Crippen molar-refractivity contribution in [3.8, 4) is 0 Å². The standard InChI is InChI=1S/C35H66O4/c1-3-5-6-7-8-9-10-11-12-13-14-15-16-17-18-19-20-21-22-23-24-25-26-27-28-29-30-33(32-34(36)37)35(38)39-31-4-2/h11-12,33H,3-10,13-32H2,1-2H3,(H,36,37)/b12-11+. The summed E-state index contributed by atoms with van der Waals surface area (Å²) in [4.78, 5) is 23.0. The van der Waals surface area contributed by atoms with E-state index in [0.717, 1.165) is 19.3 Å². The Kier molecular flexibility index (Phi) is 30.2. The van der Waals surface area contributed by atoms with Crippen LogP contribution in [0, 0.1) is 5.92 Å². The van der Waals surface area contributed by atoms with Crippen LogP contribution in [0.15, 0.2) is 12.2 Å². The first-order valence-electron chi connectivity index (χ1n) is 17.1. The molecule has 0 fully saturated rings. The molecule has 0 amide bonds. The van der Waals surface area contributed by atoms with E-state index in [1.165, 1.54) is 141 Å². The first kappa shape index (κ1) is 37.7. The van der Waals surface area contributed by atoms with Crippen LogP contribution < -0.4 is 0 Å². The molecule has 4 nitrogen and oxygen atoms in total. The van der Waals surface area contributed by atoms with E-state index in [0.29, 0.717) is 13.0 Å². The van der Waals surface area contributed by atoms with Crippen molar-refractivity contribution in [2.24, 2.45) is 5.92 Å². The topological polar surface area (TPSA) is 63.6 Å². The second kappa shape index (κ2) is 31.2. The van der Waals surface area contributed by atoms with Crippen molar-refractivity contribution in [2.75, 3.05) is 6.61 Å². The van der Waals surface area contributed by atoms with Gasteiger partial charge in [-0.25, -0.2) is 0 Å². The Labute approximate surface area is 243 Å². The molecule has 1 unspecified atom stereocenters. The summed E-state index contributed by atoms with van der Waals surface area (Å²) in [7, 11) is 0. The van der Waals surface area contributed by atoms with E-state index >= 15 is 0 Å². The van der Waals surface area contributed by atoms with E-state index in [9.17, 15) is 9.59 Å². The Hall–Kier alpha value is -1.32. The quantitative estimate of drug-likeness (QED) is 0.0529. The molecule has 0 saturated heterocycles. The Bertz CT molecular complexity index is 557. The van der Waals surface area contributed by atoms with Crippen molar-refractivity contribution in [1.82, 2.24) is 0 Å². The number of carbonyl (C=O) groups is 2. The molecule has 0 bridgehead atoms. The van der Waals surface area contributed by atoms with Crippen molar-refractivity contribution in [3.05, 3.63) is 12.2 Å². The third kappa shape index (κ3) is 29.5. The maximum Gasteiger partial charge on any atom is 0.309 e. The highest BCUT2D eigenvalue weighted by Gasteiger charge is 2.22. The SMILES string of the molecule is CCCCCCCC/C=C/CCCCCCCCCCCCCCCCCCC(CC(=O)O)C(=O)OCCC. The molecule has 0 spiro atoms. The van der Waals surface area contributed by atoms with Crippen LogP contribution in [0.4, 0.5) is 0 Å². The van der Waals surface area contributed by atoms with E-state index in [2.05, 4.69) is 19.1 Å². The molecule has 0 aliphatic carbocycles. The van der Waals surface area contributed by atoms with Gasteiger partial charge >= 0.3 is 11.9 Å². The second-order valence-corrected chi connectivity index (χ2v) is 11.7. The van der Waals surface area contributed by atoms with Crippen LogP contribution in [0.1, 0.15) is 187 Å². The fourth-order valence-corrected chi connectivity index (χ4v) is 5.24. The van der Waals surface area contributed by atoms with E-state index in [1.807, 2.05) is 6.92 Å². The Balaban J connectivity index is 3.34. The largest absolute Gasteiger partial charge is 0.481 e. The van der Waals surface area contributed by atoms with Gasteiger partial charge in [0.1, 0.15) is 0 Å². The van der Waals surface area contributed by atoms with Gasteiger partial charge in [0, 0.05) is 0 Å². The zero-order valence-corrected chi connectivity index (χ0v) is 26.2. The average Bonchev–Trinajstić information content (AvgIpc) is 2.92. The minimum Gasteiger partial charge on any atom is -0.481 e. The molecular weight excluding hydrogens is 484 g/mol. The molecule has 0 saturated carbocycles. The predicted octanol–water partition coefficient (Wildman–Crippen LogP) is 11.4. The third-order valence-corrected chi connectivity index (χ3v) is 7.77. The van der Waals surface area contributed by atoms with E-state index < -0.39 is 11.9 Å². The van der Waals surface area contributed by atoms with Crippen LogP contribution >= 0.6 is 0 Å². The molecule has 0 aromatic rings. The van der Waals surface area contributed by atoms with Gasteiger partial charge in [0.2, 0.25) is 0 Å². The summed E-state index contributed by atoms with van der Waals surface area (Å²) < 4.78 is 5.16. The van der Waals surface area contributed by atoms with Crippen LogP contribution in [-0.2, 0) is 14.3 Å². The van der Waals surface area contributed by atoms with Crippen molar-refractivity contribution in [3.63, 3.8) is 0 Å². The van der Waals surface area contributed by atoms with Gasteiger partial charge in [0.05, 0.1) is 18.9 Å². The highest BCUT2D eigenvalue weighted by atomic mass is 16.5. The first-order valence-corrected chi connectivity index (χ1v) is 17.1. The second-order valence-electron chi connectivity index (χ2n) is 11.7. The fourth-order valence-electron chi connectivity index (χ4n) is 5.24. The summed E-state index contributed by atoms with van der Waals surface area (Å²) in [5.74, 6) is -1.74. The van der Waals surface area contributed by atoms with Gasteiger partial charge < -0.3 is 9.84 Å². The van der Waals surface area contributed by atoms with Gasteiger partial charge in [-0.3, -0.25) is 9.59 Å². The van der Waals surface area contributed by atoms with Gasteiger partial charge in [0.25, 0.3) is 0 Å². The van der Waals surface area contributed by atoms with Crippen LogP contribution in [0.3, 0.4) is 0 Å². The maximum atomic E-state index is 12.0. The molecule has 0 aliphatic heterocycles. The zero-order chi connectivity index (χ0) is 28.7. The lowest BCUT2D eigenvalue weighted by atomic mass is 9.97. The van der Waals surface area contributed by atoms with Crippen LogP contribution in [-0.4, -0.2) is 23.7 Å². The smallest absolute Gasteiger partial charge is 0.309 e. The van der Waals surface area contributed by atoms with Crippen molar-refractivity contribution < 1.29 is 19.4 Å². The number of aliphatic carboxylic acids is 1. The van der Waals surface area contributed by atoms with E-state index in [4.69, 9.17) is 9.84 Å². The van der Waals surface area contributed by atoms with Gasteiger partial charge in [-0.15, -0.1) is 0 Å². The molecular formula is C35H66O4. The number of esters is 1. The number of hydrogen-bond donors (Lipinski definition) is 1. The maximum absolute atomic E-state index is 12.0. The number of carboxylic acids is 1. The van der Waals surface area contributed by atoms with Gasteiger partial charge in [-0.1, -0.05) is 154 Å². The van der Waals surface area contributed by atoms with Crippen LogP contribution in [0.25, 0.3) is 0 Å². The molecule has 39 heavy (non-hydrogen) atoms. The lowest BCUT2D eigenvalue weighted by Crippen LogP contribution is -2.21. The van der Waals surface area contributed by atoms with Crippen molar-refractivity contribution in [2.45, 2.75) is 187 Å². The number of hydrogen-bond acceptors (Lipinski definition) is 3. The van der Waals surface area contributed by atoms with Gasteiger partial charge in [0.15, 0.2) is 0 Å². The molecule has 0 aliphatic rings. The Morgan fingerprint density at radius 2 is 0.949 bits per heavy atom. The van der Waals surface area contributed by atoms with Gasteiger partial charge in [-0.05, 0) is 38.5 Å². The highest BCUT2D eigenvalue weighted by molar-refractivity contribution is 5.79. The molecule has 0 heterocycles. The molecule has 1 N–H and O–H groups in total. The molecule has 0 aromatic heterocycles. The Morgan fingerprint density at radius 3 is 1.33 bits per heavy atom. The summed E-state index contributed by atoms with van der Waals surface area (Å²) in [6.45, 7) is 4.61. The summed E-state index contributed by atoms with van der Waals surface area (Å²) in [6.07, 6.45) is 38.0. The van der Waals surface area contributed by atoms with E-state index in [1.54, 1.807) is 0 Å². The Morgan fingerprint density at radius 1 is 0.564 bits per heavy atom. The lowest BCUT2D eigenvalue weighted by Gasteiger charge is -2.13. The fraction of sp³-hybridized carbons (Fsp3) is 0.886. The summed E-state index contributed by atoms with van der Waals surface area (Å²) in [6, 6.07) is 0. The normalized spacial score (nSPS) is 12.3. The average molecular weight is 551 g/mol. The number of carboxylic acid groups (broad SMARTS) is 1. The summed E-state index contributed by atoms with van der Waals surface area (Å²) >= 11 is 0. The van der Waals surface area contributed by atoms with Gasteiger partial charge in [-0.2, -0.15) is 0 Å². The summed E-state index contributed by atoms with van der Waals surface area (Å²) in [5, 5.41) is 9.05. The third-order valence-electron chi connectivity index (χ3n) is 7.77. The predicted molar refractivity (Wildman–Crippen MR) is 167 cm³/mol. The first-order chi connectivity index (χ1) is 19.1. The van der Waals surface area contributed by atoms with Crippen molar-refractivity contribution in [1.29, 1.82) is 0 Å². The monoisotopic (exact) mass is 550 g/mol. The van der Waals surface area contributed by atoms with Crippen LogP contribution in [0.2, 0.25) is 0 Å². The minimum absolute atomic E-state index is 0.111. The van der Waals surface area contributed by atoms with Crippen molar-refractivity contribution >= 4 is 11.9 Å². The molecule has 0 rings (SSSR count). The highest BCUT2D eigenvalue weighted by Crippen LogP contribution is 2.18. The molecule has 230 valence electrons. The molecule has 4 heteroatoms.